The number of benzene rings is 1. The van der Waals surface area contributed by atoms with Gasteiger partial charge in [0, 0.05) is 12.8 Å². The molecule has 0 saturated carbocycles. The summed E-state index contributed by atoms with van der Waals surface area (Å²) in [4.78, 5) is 11.2. The van der Waals surface area contributed by atoms with E-state index in [1.54, 1.807) is 0 Å². The first-order valence-corrected chi connectivity index (χ1v) is 6.47. The van der Waals surface area contributed by atoms with Gasteiger partial charge in [-0.1, -0.05) is 18.2 Å². The number of hydrogen-bond acceptors (Lipinski definition) is 4. The van der Waals surface area contributed by atoms with Crippen LogP contribution in [0, 0.1) is 0 Å². The summed E-state index contributed by atoms with van der Waals surface area (Å²) in [6.45, 7) is 1.72. The zero-order valence-electron chi connectivity index (χ0n) is 10.8. The monoisotopic (exact) mass is 260 g/mol. The molecule has 100 valence electrons. The van der Waals surface area contributed by atoms with E-state index in [1.807, 2.05) is 18.2 Å². The van der Waals surface area contributed by atoms with Gasteiger partial charge in [0.15, 0.2) is 11.5 Å². The molecule has 0 saturated heterocycles. The maximum absolute atomic E-state index is 11.2. The largest absolute Gasteiger partial charge is 0.462 e. The number of hydrogen-bond donors (Lipinski definition) is 0. The van der Waals surface area contributed by atoms with E-state index in [9.17, 15) is 4.79 Å². The summed E-state index contributed by atoms with van der Waals surface area (Å²) in [6.07, 6.45) is 5.95. The van der Waals surface area contributed by atoms with E-state index in [0.717, 1.165) is 29.9 Å². The molecule has 0 bridgehead atoms. The lowest BCUT2D eigenvalue weighted by Crippen LogP contribution is -2.25. The van der Waals surface area contributed by atoms with E-state index in [-0.39, 0.29) is 24.8 Å². The summed E-state index contributed by atoms with van der Waals surface area (Å²) in [5, 5.41) is 0. The Bertz CT molecular complexity index is 521. The minimum Gasteiger partial charge on any atom is -0.462 e. The van der Waals surface area contributed by atoms with Gasteiger partial charge in [-0.05, 0) is 30.5 Å². The van der Waals surface area contributed by atoms with Crippen LogP contribution in [0.1, 0.15) is 31.2 Å². The number of carbonyl (C=O) groups excluding carboxylic acids is 1. The van der Waals surface area contributed by atoms with Crippen LogP contribution in [0.5, 0.6) is 11.5 Å². The molecule has 0 spiro atoms. The van der Waals surface area contributed by atoms with Crippen LogP contribution < -0.4 is 9.47 Å². The van der Waals surface area contributed by atoms with E-state index in [2.05, 4.69) is 12.2 Å². The molecule has 19 heavy (non-hydrogen) atoms. The number of ether oxygens (including phenoxy) is 3. The highest BCUT2D eigenvalue weighted by molar-refractivity contribution is 5.66. The quantitative estimate of drug-likeness (QED) is 0.606. The molecule has 1 aliphatic carbocycles. The lowest BCUT2D eigenvalue weighted by Gasteiger charge is -2.27. The highest BCUT2D eigenvalue weighted by Crippen LogP contribution is 2.38. The van der Waals surface area contributed by atoms with Crippen molar-refractivity contribution in [1.29, 1.82) is 0 Å². The van der Waals surface area contributed by atoms with Gasteiger partial charge in [-0.25, -0.2) is 0 Å². The van der Waals surface area contributed by atoms with Gasteiger partial charge in [0.25, 0.3) is 0 Å². The summed E-state index contributed by atoms with van der Waals surface area (Å²) < 4.78 is 16.1. The topological polar surface area (TPSA) is 44.8 Å². The molecule has 0 fully saturated rings. The Hall–Kier alpha value is -1.97. The fourth-order valence-electron chi connectivity index (χ4n) is 2.60. The summed E-state index contributed by atoms with van der Waals surface area (Å²) in [5.74, 6) is 1.39. The minimum atomic E-state index is -0.231. The average Bonchev–Trinajstić information content (AvgIpc) is 2.86. The van der Waals surface area contributed by atoms with Crippen molar-refractivity contribution in [2.24, 2.45) is 0 Å². The van der Waals surface area contributed by atoms with Crippen LogP contribution in [-0.4, -0.2) is 18.9 Å². The Balaban J connectivity index is 1.88. The third-order valence-corrected chi connectivity index (χ3v) is 3.46. The van der Waals surface area contributed by atoms with Gasteiger partial charge < -0.3 is 14.2 Å². The average molecular weight is 260 g/mol. The summed E-state index contributed by atoms with van der Waals surface area (Å²) in [6, 6.07) is 5.88. The van der Waals surface area contributed by atoms with Crippen LogP contribution in [0.15, 0.2) is 30.4 Å². The molecule has 0 radical (unpaired) electrons. The van der Waals surface area contributed by atoms with Crippen molar-refractivity contribution in [3.63, 3.8) is 0 Å². The maximum atomic E-state index is 11.2. The fourth-order valence-corrected chi connectivity index (χ4v) is 2.60. The number of rotatable bonds is 2. The molecule has 3 rings (SSSR count). The molecule has 1 aromatic rings. The van der Waals surface area contributed by atoms with Crippen LogP contribution in [0.25, 0.3) is 0 Å². The van der Waals surface area contributed by atoms with E-state index >= 15 is 0 Å². The molecule has 0 unspecified atom stereocenters. The van der Waals surface area contributed by atoms with Gasteiger partial charge in [-0.2, -0.15) is 0 Å². The number of esters is 1. The molecule has 1 aromatic carbocycles. The van der Waals surface area contributed by atoms with Crippen molar-refractivity contribution in [2.75, 3.05) is 6.79 Å². The normalized spacial score (nSPS) is 24.3. The zero-order valence-corrected chi connectivity index (χ0v) is 10.8. The SMILES string of the molecule is CC(=O)O[C@@H]1CCC=C[C@H]1c1ccc2c(c1)OCO2. The van der Waals surface area contributed by atoms with Crippen LogP contribution in [0.4, 0.5) is 0 Å². The van der Waals surface area contributed by atoms with Gasteiger partial charge in [0.1, 0.15) is 6.10 Å². The fraction of sp³-hybridized carbons (Fsp3) is 0.400. The Morgan fingerprint density at radius 3 is 3.00 bits per heavy atom. The van der Waals surface area contributed by atoms with E-state index in [4.69, 9.17) is 14.2 Å². The second-order valence-electron chi connectivity index (χ2n) is 4.79. The summed E-state index contributed by atoms with van der Waals surface area (Å²) in [5.41, 5.74) is 1.09. The lowest BCUT2D eigenvalue weighted by molar-refractivity contribution is -0.147. The van der Waals surface area contributed by atoms with Gasteiger partial charge in [0.05, 0.1) is 0 Å². The Morgan fingerprint density at radius 2 is 2.16 bits per heavy atom. The maximum Gasteiger partial charge on any atom is 0.302 e. The van der Waals surface area contributed by atoms with Crippen LogP contribution in [-0.2, 0) is 9.53 Å². The van der Waals surface area contributed by atoms with Crippen molar-refractivity contribution in [3.8, 4) is 11.5 Å². The molecule has 1 heterocycles. The Kier molecular flexibility index (Phi) is 3.15. The first kappa shape index (κ1) is 12.1. The van der Waals surface area contributed by atoms with Gasteiger partial charge >= 0.3 is 5.97 Å². The first-order chi connectivity index (χ1) is 9.24. The predicted octanol–water partition coefficient (Wildman–Crippen LogP) is 2.78. The Morgan fingerprint density at radius 1 is 1.32 bits per heavy atom. The summed E-state index contributed by atoms with van der Waals surface area (Å²) in [7, 11) is 0. The van der Waals surface area contributed by atoms with Crippen LogP contribution in [0.3, 0.4) is 0 Å². The first-order valence-electron chi connectivity index (χ1n) is 6.47. The highest BCUT2D eigenvalue weighted by Gasteiger charge is 2.27. The standard InChI is InChI=1S/C15H16O4/c1-10(16)19-13-5-3-2-4-12(13)11-6-7-14-15(8-11)18-9-17-14/h2,4,6-8,12-13H,3,5,9H2,1H3/t12-,13+/m0/s1. The van der Waals surface area contributed by atoms with Gasteiger partial charge in [-0.3, -0.25) is 4.79 Å². The zero-order chi connectivity index (χ0) is 13.2. The molecule has 4 nitrogen and oxygen atoms in total. The Labute approximate surface area is 112 Å². The van der Waals surface area contributed by atoms with Crippen LogP contribution >= 0.6 is 0 Å². The molecule has 2 atom stereocenters. The molecular weight excluding hydrogens is 244 g/mol. The van der Waals surface area contributed by atoms with E-state index in [0.29, 0.717) is 0 Å². The number of allylic oxidation sites excluding steroid dienone is 1. The molecule has 4 heteroatoms. The van der Waals surface area contributed by atoms with Crippen molar-refractivity contribution >= 4 is 5.97 Å². The van der Waals surface area contributed by atoms with Crippen molar-refractivity contribution < 1.29 is 19.0 Å². The van der Waals surface area contributed by atoms with Gasteiger partial charge in [0.2, 0.25) is 6.79 Å². The van der Waals surface area contributed by atoms with Crippen molar-refractivity contribution in [3.05, 3.63) is 35.9 Å². The molecule has 0 aromatic heterocycles. The molecular formula is C15H16O4. The highest BCUT2D eigenvalue weighted by atomic mass is 16.7. The van der Waals surface area contributed by atoms with Crippen molar-refractivity contribution in [1.82, 2.24) is 0 Å². The molecule has 2 aliphatic rings. The lowest BCUT2D eigenvalue weighted by atomic mass is 9.86. The molecule has 0 amide bonds. The molecule has 1 aliphatic heterocycles. The van der Waals surface area contributed by atoms with E-state index in [1.165, 1.54) is 6.92 Å². The van der Waals surface area contributed by atoms with Gasteiger partial charge in [-0.15, -0.1) is 0 Å². The molecule has 0 N–H and O–H groups in total. The second-order valence-corrected chi connectivity index (χ2v) is 4.79. The predicted molar refractivity (Wildman–Crippen MR) is 69.2 cm³/mol. The third-order valence-electron chi connectivity index (χ3n) is 3.46. The summed E-state index contributed by atoms with van der Waals surface area (Å²) >= 11 is 0. The van der Waals surface area contributed by atoms with E-state index < -0.39 is 0 Å². The number of carbonyl (C=O) groups is 1. The van der Waals surface area contributed by atoms with Crippen molar-refractivity contribution in [2.45, 2.75) is 31.8 Å². The second kappa shape index (κ2) is 4.96. The minimum absolute atomic E-state index is 0.0900. The van der Waals surface area contributed by atoms with Crippen LogP contribution in [0.2, 0.25) is 0 Å². The third kappa shape index (κ3) is 2.43. The number of fused-ring (bicyclic) bond motifs is 1. The smallest absolute Gasteiger partial charge is 0.302 e.